The topological polar surface area (TPSA) is 46.6 Å². The number of carbonyl (C=O) groups is 2. The molecule has 0 aromatic heterocycles. The Morgan fingerprint density at radius 3 is 2.40 bits per heavy atom. The smallest absolute Gasteiger partial charge is 0.410 e. The van der Waals surface area contributed by atoms with Gasteiger partial charge >= 0.3 is 6.09 Å². The average Bonchev–Trinajstić information content (AvgIpc) is 2.64. The monoisotopic (exact) mass is 375 g/mol. The molecule has 2 aromatic rings. The summed E-state index contributed by atoms with van der Waals surface area (Å²) < 4.78 is 5.30. The Balaban J connectivity index is 1.64. The first-order valence-electron chi connectivity index (χ1n) is 7.75. The lowest BCUT2D eigenvalue weighted by atomic mass is 9.98. The van der Waals surface area contributed by atoms with Gasteiger partial charge in [0.05, 0.1) is 10.0 Å². The summed E-state index contributed by atoms with van der Waals surface area (Å²) in [7, 11) is 0. The zero-order chi connectivity index (χ0) is 17.8. The van der Waals surface area contributed by atoms with Crippen LogP contribution in [0.2, 0.25) is 10.0 Å². The van der Waals surface area contributed by atoms with Gasteiger partial charge in [0.1, 0.15) is 5.75 Å². The Labute approximate surface area is 155 Å². The van der Waals surface area contributed by atoms with Crippen molar-refractivity contribution in [1.82, 2.24) is 4.90 Å². The number of hydrogen-bond acceptors (Lipinski definition) is 3. The molecular formula is C19H15Cl2NO3. The standard InChI is InChI=1S/C19H15Cl2NO3/c20-16-7-6-14(12-17(16)21)18(23)13-8-10-22(11-9-13)19(24)25-15-4-2-1-3-5-15/h1-8,12H,9-11H2. The molecule has 6 heteroatoms. The van der Waals surface area contributed by atoms with Crippen LogP contribution < -0.4 is 4.74 Å². The highest BCUT2D eigenvalue weighted by molar-refractivity contribution is 6.42. The van der Waals surface area contributed by atoms with E-state index in [-0.39, 0.29) is 5.78 Å². The number of rotatable bonds is 3. The van der Waals surface area contributed by atoms with Crippen LogP contribution in [-0.2, 0) is 0 Å². The number of ketones is 1. The van der Waals surface area contributed by atoms with Gasteiger partial charge in [-0.05, 0) is 42.3 Å². The van der Waals surface area contributed by atoms with Crippen LogP contribution in [-0.4, -0.2) is 29.9 Å². The predicted molar refractivity (Wildman–Crippen MR) is 97.5 cm³/mol. The molecule has 0 atom stereocenters. The number of para-hydroxylation sites is 1. The fourth-order valence-corrected chi connectivity index (χ4v) is 2.82. The summed E-state index contributed by atoms with van der Waals surface area (Å²) in [6, 6.07) is 13.7. The van der Waals surface area contributed by atoms with Gasteiger partial charge in [-0.15, -0.1) is 0 Å². The molecule has 1 aliphatic rings. The molecular weight excluding hydrogens is 361 g/mol. The molecule has 2 aromatic carbocycles. The zero-order valence-corrected chi connectivity index (χ0v) is 14.8. The Hall–Kier alpha value is -2.30. The molecule has 128 valence electrons. The van der Waals surface area contributed by atoms with Crippen molar-refractivity contribution in [3.05, 3.63) is 75.8 Å². The van der Waals surface area contributed by atoms with E-state index in [4.69, 9.17) is 27.9 Å². The van der Waals surface area contributed by atoms with E-state index in [2.05, 4.69) is 0 Å². The van der Waals surface area contributed by atoms with E-state index in [0.29, 0.717) is 46.4 Å². The van der Waals surface area contributed by atoms with Crippen molar-refractivity contribution in [2.75, 3.05) is 13.1 Å². The van der Waals surface area contributed by atoms with Gasteiger partial charge in [0, 0.05) is 18.7 Å². The van der Waals surface area contributed by atoms with Crippen LogP contribution in [0.15, 0.2) is 60.2 Å². The molecule has 25 heavy (non-hydrogen) atoms. The maximum atomic E-state index is 12.5. The number of halogens is 2. The fraction of sp³-hybridized carbons (Fsp3) is 0.158. The van der Waals surface area contributed by atoms with Gasteiger partial charge in [0.2, 0.25) is 0 Å². The van der Waals surface area contributed by atoms with Gasteiger partial charge in [-0.3, -0.25) is 4.79 Å². The van der Waals surface area contributed by atoms with Gasteiger partial charge in [-0.2, -0.15) is 0 Å². The van der Waals surface area contributed by atoms with Crippen molar-refractivity contribution in [2.24, 2.45) is 0 Å². The minimum atomic E-state index is -0.427. The second-order valence-corrected chi connectivity index (χ2v) is 6.38. The van der Waals surface area contributed by atoms with Gasteiger partial charge in [0.25, 0.3) is 0 Å². The third-order valence-electron chi connectivity index (χ3n) is 3.89. The number of carbonyl (C=O) groups excluding carboxylic acids is 2. The number of Topliss-reactive ketones (excluding diaryl/α,β-unsaturated/α-hetero) is 1. The molecule has 4 nitrogen and oxygen atoms in total. The molecule has 0 saturated carbocycles. The highest BCUT2D eigenvalue weighted by Crippen LogP contribution is 2.25. The van der Waals surface area contributed by atoms with E-state index in [1.807, 2.05) is 6.07 Å². The van der Waals surface area contributed by atoms with Crippen molar-refractivity contribution in [3.8, 4) is 5.75 Å². The highest BCUT2D eigenvalue weighted by Gasteiger charge is 2.23. The first kappa shape index (κ1) is 17.5. The van der Waals surface area contributed by atoms with Crippen molar-refractivity contribution in [1.29, 1.82) is 0 Å². The summed E-state index contributed by atoms with van der Waals surface area (Å²) in [5.74, 6) is 0.392. The molecule has 0 saturated heterocycles. The summed E-state index contributed by atoms with van der Waals surface area (Å²) in [6.45, 7) is 0.749. The van der Waals surface area contributed by atoms with Gasteiger partial charge < -0.3 is 9.64 Å². The third-order valence-corrected chi connectivity index (χ3v) is 4.63. The molecule has 0 N–H and O–H groups in total. The summed E-state index contributed by atoms with van der Waals surface area (Å²) in [6.07, 6.45) is 1.78. The molecule has 0 radical (unpaired) electrons. The number of hydrogen-bond donors (Lipinski definition) is 0. The number of ether oxygens (including phenoxy) is 1. The first-order chi connectivity index (χ1) is 12.0. The fourth-order valence-electron chi connectivity index (χ4n) is 2.52. The van der Waals surface area contributed by atoms with Crippen molar-refractivity contribution in [3.63, 3.8) is 0 Å². The van der Waals surface area contributed by atoms with Crippen molar-refractivity contribution in [2.45, 2.75) is 6.42 Å². The lowest BCUT2D eigenvalue weighted by Crippen LogP contribution is -2.37. The molecule has 1 aliphatic heterocycles. The first-order valence-corrected chi connectivity index (χ1v) is 8.51. The van der Waals surface area contributed by atoms with E-state index >= 15 is 0 Å². The maximum absolute atomic E-state index is 12.5. The lowest BCUT2D eigenvalue weighted by Gasteiger charge is -2.25. The van der Waals surface area contributed by atoms with E-state index < -0.39 is 6.09 Å². The second-order valence-electron chi connectivity index (χ2n) is 5.56. The number of nitrogens with zero attached hydrogens (tertiary/aromatic N) is 1. The molecule has 0 aliphatic carbocycles. The van der Waals surface area contributed by atoms with Gasteiger partial charge in [-0.25, -0.2) is 4.79 Å². The summed E-state index contributed by atoms with van der Waals surface area (Å²) in [5, 5.41) is 0.752. The largest absolute Gasteiger partial charge is 0.415 e. The normalized spacial score (nSPS) is 14.0. The van der Waals surface area contributed by atoms with Gasteiger partial charge in [0.15, 0.2) is 5.78 Å². The molecule has 3 rings (SSSR count). The molecule has 0 spiro atoms. The summed E-state index contributed by atoms with van der Waals surface area (Å²) >= 11 is 11.8. The number of benzene rings is 2. The Kier molecular flexibility index (Phi) is 5.41. The van der Waals surface area contributed by atoms with E-state index in [9.17, 15) is 9.59 Å². The maximum Gasteiger partial charge on any atom is 0.415 e. The van der Waals surface area contributed by atoms with Crippen LogP contribution in [0.1, 0.15) is 16.8 Å². The van der Waals surface area contributed by atoms with E-state index in [1.165, 1.54) is 0 Å². The van der Waals surface area contributed by atoms with Crippen molar-refractivity contribution >= 4 is 35.1 Å². The summed E-state index contributed by atoms with van der Waals surface area (Å²) in [5.41, 5.74) is 1.14. The second kappa shape index (κ2) is 7.72. The SMILES string of the molecule is O=C(C1=CCN(C(=O)Oc2ccccc2)CC1)c1ccc(Cl)c(Cl)c1. The number of amides is 1. The quantitative estimate of drug-likeness (QED) is 0.708. The average molecular weight is 376 g/mol. The molecule has 1 amide bonds. The molecule has 0 bridgehead atoms. The highest BCUT2D eigenvalue weighted by atomic mass is 35.5. The minimum absolute atomic E-state index is 0.102. The van der Waals surface area contributed by atoms with E-state index in [0.717, 1.165) is 0 Å². The van der Waals surface area contributed by atoms with Crippen LogP contribution in [0.3, 0.4) is 0 Å². The Bertz CT molecular complexity index is 834. The Morgan fingerprint density at radius 2 is 1.76 bits per heavy atom. The van der Waals surface area contributed by atoms with E-state index in [1.54, 1.807) is 53.4 Å². The van der Waals surface area contributed by atoms with Gasteiger partial charge in [-0.1, -0.05) is 47.5 Å². The van der Waals surface area contributed by atoms with Crippen LogP contribution in [0.4, 0.5) is 4.79 Å². The van der Waals surface area contributed by atoms with Crippen molar-refractivity contribution < 1.29 is 14.3 Å². The Morgan fingerprint density at radius 1 is 1.00 bits per heavy atom. The zero-order valence-electron chi connectivity index (χ0n) is 13.2. The van der Waals surface area contributed by atoms with Crippen LogP contribution in [0.25, 0.3) is 0 Å². The van der Waals surface area contributed by atoms with Crippen LogP contribution >= 0.6 is 23.2 Å². The van der Waals surface area contributed by atoms with Crippen LogP contribution in [0, 0.1) is 0 Å². The predicted octanol–water partition coefficient (Wildman–Crippen LogP) is 5.01. The molecule has 1 heterocycles. The molecule has 0 fully saturated rings. The third kappa shape index (κ3) is 4.21. The van der Waals surface area contributed by atoms with Crippen LogP contribution in [0.5, 0.6) is 5.75 Å². The lowest BCUT2D eigenvalue weighted by molar-refractivity contribution is 0.102. The molecule has 0 unspecified atom stereocenters. The minimum Gasteiger partial charge on any atom is -0.410 e. The summed E-state index contributed by atoms with van der Waals surface area (Å²) in [4.78, 5) is 26.2.